The molecule has 0 amide bonds. The lowest BCUT2D eigenvalue weighted by Gasteiger charge is -2.18. The second kappa shape index (κ2) is 69.9. The van der Waals surface area contributed by atoms with E-state index in [4.69, 9.17) is 14.2 Å². The van der Waals surface area contributed by atoms with Crippen LogP contribution in [0.2, 0.25) is 0 Å². The first-order valence-corrected chi connectivity index (χ1v) is 36.1. The molecule has 0 aliphatic rings. The summed E-state index contributed by atoms with van der Waals surface area (Å²) in [6.07, 6.45) is 89.0. The van der Waals surface area contributed by atoms with E-state index in [0.29, 0.717) is 19.3 Å². The molecule has 0 fully saturated rings. The van der Waals surface area contributed by atoms with Gasteiger partial charge in [-0.25, -0.2) is 0 Å². The van der Waals surface area contributed by atoms with E-state index in [9.17, 15) is 14.4 Å². The van der Waals surface area contributed by atoms with Gasteiger partial charge in [0.25, 0.3) is 0 Å². The number of hydrogen-bond acceptors (Lipinski definition) is 6. The Labute approximate surface area is 505 Å². The van der Waals surface area contributed by atoms with Gasteiger partial charge < -0.3 is 14.2 Å². The Balaban J connectivity index is 4.00. The van der Waals surface area contributed by atoms with Gasteiger partial charge in [0, 0.05) is 19.3 Å². The van der Waals surface area contributed by atoms with Crippen LogP contribution in [0.3, 0.4) is 0 Å². The summed E-state index contributed by atoms with van der Waals surface area (Å²) in [4.78, 5) is 38.2. The highest BCUT2D eigenvalue weighted by atomic mass is 16.6. The molecule has 0 N–H and O–H groups in total. The molecule has 0 spiro atoms. The first-order chi connectivity index (χ1) is 40.0. The molecule has 1 atom stereocenters. The van der Waals surface area contributed by atoms with Crippen LogP contribution in [0.1, 0.15) is 393 Å². The van der Waals surface area contributed by atoms with Crippen LogP contribution in [0, 0.1) is 0 Å². The molecule has 0 aromatic rings. The highest BCUT2D eigenvalue weighted by molar-refractivity contribution is 5.71. The molecule has 6 heteroatoms. The van der Waals surface area contributed by atoms with E-state index in [1.165, 1.54) is 270 Å². The molecule has 1 unspecified atom stereocenters. The molecule has 0 rings (SSSR count). The average Bonchev–Trinajstić information content (AvgIpc) is 3.47. The summed E-state index contributed by atoms with van der Waals surface area (Å²) in [6.45, 7) is 6.56. The Hall–Kier alpha value is -2.63. The fourth-order valence-corrected chi connectivity index (χ4v) is 11.0. The van der Waals surface area contributed by atoms with Crippen molar-refractivity contribution in [3.05, 3.63) is 48.6 Å². The van der Waals surface area contributed by atoms with Crippen LogP contribution in [0.15, 0.2) is 48.6 Å². The smallest absolute Gasteiger partial charge is 0.306 e. The fraction of sp³-hybridized carbons (Fsp3) is 0.853. The largest absolute Gasteiger partial charge is 0.462 e. The second-order valence-electron chi connectivity index (χ2n) is 24.5. The van der Waals surface area contributed by atoms with Crippen LogP contribution in [-0.2, 0) is 28.6 Å². The fourth-order valence-electron chi connectivity index (χ4n) is 11.0. The Bertz CT molecular complexity index is 1400. The van der Waals surface area contributed by atoms with Crippen molar-refractivity contribution in [1.29, 1.82) is 0 Å². The minimum absolute atomic E-state index is 0.0669. The average molecular weight is 1140 g/mol. The van der Waals surface area contributed by atoms with Crippen LogP contribution in [0.4, 0.5) is 0 Å². The third-order valence-electron chi connectivity index (χ3n) is 16.3. The highest BCUT2D eigenvalue weighted by Gasteiger charge is 2.19. The summed E-state index contributed by atoms with van der Waals surface area (Å²) in [7, 11) is 0. The van der Waals surface area contributed by atoms with Crippen molar-refractivity contribution in [3.63, 3.8) is 0 Å². The van der Waals surface area contributed by atoms with Gasteiger partial charge in [-0.1, -0.05) is 365 Å². The van der Waals surface area contributed by atoms with E-state index in [1.54, 1.807) is 0 Å². The normalized spacial score (nSPS) is 12.3. The maximum Gasteiger partial charge on any atom is 0.306 e. The standard InChI is InChI=1S/C75H138O6/c1-4-7-10-13-16-18-20-22-24-26-28-30-32-34-36-37-39-40-42-44-46-48-50-52-54-56-59-62-65-68-74(77)80-71-72(70-79-73(76)67-64-61-58-15-12-9-6-3)81-75(78)69-66-63-60-57-55-53-51-49-47-45-43-41-38-35-33-31-29-27-25-23-21-19-17-14-11-8-5-2/h7,10,16,18,22,24,28,30,72H,4-6,8-9,11-15,17,19-21,23,25-27,29,31-71H2,1-3H3/b10-7-,18-16-,24-22-,30-28-. The minimum Gasteiger partial charge on any atom is -0.462 e. The van der Waals surface area contributed by atoms with Gasteiger partial charge >= 0.3 is 17.9 Å². The third kappa shape index (κ3) is 68.0. The highest BCUT2D eigenvalue weighted by Crippen LogP contribution is 2.19. The maximum atomic E-state index is 12.9. The van der Waals surface area contributed by atoms with E-state index in [1.807, 2.05) is 0 Å². The molecule has 0 saturated carbocycles. The minimum atomic E-state index is -0.767. The molecule has 0 saturated heterocycles. The summed E-state index contributed by atoms with van der Waals surface area (Å²) in [5.74, 6) is -0.846. The SMILES string of the molecule is CC/C=C\C/C=C\C/C=C\C/C=C\CCCCCCCCCCCCCCCCCCC(=O)OCC(COC(=O)CCCCCCCCC)OC(=O)CCCCCCCCCCCCCCCCCCCCCCCCCCCCC. The lowest BCUT2D eigenvalue weighted by atomic mass is 10.0. The summed E-state index contributed by atoms with van der Waals surface area (Å²) >= 11 is 0. The topological polar surface area (TPSA) is 78.9 Å². The number of rotatable bonds is 67. The summed E-state index contributed by atoms with van der Waals surface area (Å²) < 4.78 is 16.9. The summed E-state index contributed by atoms with van der Waals surface area (Å²) in [6, 6.07) is 0. The zero-order valence-corrected chi connectivity index (χ0v) is 54.6. The lowest BCUT2D eigenvalue weighted by molar-refractivity contribution is -0.167. The van der Waals surface area contributed by atoms with Gasteiger partial charge in [-0.15, -0.1) is 0 Å². The Morgan fingerprint density at radius 3 is 0.753 bits per heavy atom. The molecule has 0 radical (unpaired) electrons. The zero-order chi connectivity index (χ0) is 58.5. The molecular weight excluding hydrogens is 997 g/mol. The predicted octanol–water partition coefficient (Wildman–Crippen LogP) is 24.9. The first kappa shape index (κ1) is 78.4. The van der Waals surface area contributed by atoms with E-state index in [0.717, 1.165) is 83.5 Å². The Kier molecular flexibility index (Phi) is 67.6. The van der Waals surface area contributed by atoms with Crippen LogP contribution < -0.4 is 0 Å². The number of carbonyl (C=O) groups is 3. The molecule has 0 aromatic heterocycles. The van der Waals surface area contributed by atoms with Crippen LogP contribution >= 0.6 is 0 Å². The van der Waals surface area contributed by atoms with E-state index in [2.05, 4.69) is 69.4 Å². The number of allylic oxidation sites excluding steroid dienone is 8. The molecule has 0 aliphatic carbocycles. The van der Waals surface area contributed by atoms with Crippen molar-refractivity contribution >= 4 is 17.9 Å². The summed E-state index contributed by atoms with van der Waals surface area (Å²) in [5, 5.41) is 0. The van der Waals surface area contributed by atoms with Crippen molar-refractivity contribution in [3.8, 4) is 0 Å². The van der Waals surface area contributed by atoms with E-state index < -0.39 is 6.10 Å². The number of ether oxygens (including phenoxy) is 3. The Morgan fingerprint density at radius 1 is 0.259 bits per heavy atom. The van der Waals surface area contributed by atoms with Gasteiger partial charge in [0.15, 0.2) is 6.10 Å². The number of unbranched alkanes of at least 4 members (excludes halogenated alkanes) is 48. The van der Waals surface area contributed by atoms with Crippen LogP contribution in [0.25, 0.3) is 0 Å². The quantitative estimate of drug-likeness (QED) is 0.0261. The van der Waals surface area contributed by atoms with Gasteiger partial charge in [0.2, 0.25) is 0 Å². The zero-order valence-electron chi connectivity index (χ0n) is 54.6. The molecule has 0 heterocycles. The maximum absolute atomic E-state index is 12.9. The van der Waals surface area contributed by atoms with Crippen molar-refractivity contribution in [2.75, 3.05) is 13.2 Å². The van der Waals surface area contributed by atoms with E-state index >= 15 is 0 Å². The molecule has 0 aromatic carbocycles. The first-order valence-electron chi connectivity index (χ1n) is 36.1. The van der Waals surface area contributed by atoms with Crippen molar-refractivity contribution in [1.82, 2.24) is 0 Å². The van der Waals surface area contributed by atoms with Crippen LogP contribution in [-0.4, -0.2) is 37.2 Å². The molecule has 0 aliphatic heterocycles. The monoisotopic (exact) mass is 1140 g/mol. The number of hydrogen-bond donors (Lipinski definition) is 0. The third-order valence-corrected chi connectivity index (χ3v) is 16.3. The van der Waals surface area contributed by atoms with Gasteiger partial charge in [-0.05, 0) is 57.8 Å². The van der Waals surface area contributed by atoms with Gasteiger partial charge in [0.1, 0.15) is 13.2 Å². The van der Waals surface area contributed by atoms with Crippen LogP contribution in [0.5, 0.6) is 0 Å². The van der Waals surface area contributed by atoms with Gasteiger partial charge in [-0.3, -0.25) is 14.4 Å². The number of esters is 3. The van der Waals surface area contributed by atoms with Crippen molar-refractivity contribution in [2.24, 2.45) is 0 Å². The van der Waals surface area contributed by atoms with E-state index in [-0.39, 0.29) is 31.1 Å². The molecule has 0 bridgehead atoms. The molecular formula is C75H138O6. The van der Waals surface area contributed by atoms with Gasteiger partial charge in [0.05, 0.1) is 0 Å². The second-order valence-corrected chi connectivity index (χ2v) is 24.5. The molecule has 474 valence electrons. The van der Waals surface area contributed by atoms with Gasteiger partial charge in [-0.2, -0.15) is 0 Å². The summed E-state index contributed by atoms with van der Waals surface area (Å²) in [5.41, 5.74) is 0. The lowest BCUT2D eigenvalue weighted by Crippen LogP contribution is -2.30. The molecule has 81 heavy (non-hydrogen) atoms. The molecule has 6 nitrogen and oxygen atoms in total. The Morgan fingerprint density at radius 2 is 0.481 bits per heavy atom. The van der Waals surface area contributed by atoms with Crippen molar-refractivity contribution in [2.45, 2.75) is 399 Å². The van der Waals surface area contributed by atoms with Crippen molar-refractivity contribution < 1.29 is 28.6 Å². The number of carbonyl (C=O) groups excluding carboxylic acids is 3. The predicted molar refractivity (Wildman–Crippen MR) is 353 cm³/mol.